The van der Waals surface area contributed by atoms with Crippen molar-refractivity contribution in [3.63, 3.8) is 0 Å². The predicted molar refractivity (Wildman–Crippen MR) is 53.4 cm³/mol. The number of pyridine rings is 1. The van der Waals surface area contributed by atoms with Crippen LogP contribution < -0.4 is 9.47 Å². The molecule has 0 saturated heterocycles. The molecule has 0 aliphatic heterocycles. The minimum Gasteiger partial charge on any atom is -0.495 e. The van der Waals surface area contributed by atoms with Gasteiger partial charge in [-0.15, -0.1) is 0 Å². The molecule has 0 bridgehead atoms. The van der Waals surface area contributed by atoms with E-state index in [4.69, 9.17) is 14.6 Å². The Hall–Kier alpha value is -1.78. The number of methoxy groups -OCH3 is 2. The molecule has 1 rings (SSSR count). The van der Waals surface area contributed by atoms with E-state index < -0.39 is 11.9 Å². The lowest BCUT2D eigenvalue weighted by Crippen LogP contribution is -2.09. The van der Waals surface area contributed by atoms with E-state index in [1.165, 1.54) is 20.4 Å². The molecule has 1 aromatic rings. The molecule has 0 saturated carbocycles. The van der Waals surface area contributed by atoms with Crippen molar-refractivity contribution in [3.8, 4) is 11.6 Å². The number of hydrogen-bond acceptors (Lipinski definition) is 4. The molecule has 5 nitrogen and oxygen atoms in total. The Morgan fingerprint density at radius 3 is 2.60 bits per heavy atom. The van der Waals surface area contributed by atoms with E-state index in [1.54, 1.807) is 13.0 Å². The molecule has 82 valence electrons. The summed E-state index contributed by atoms with van der Waals surface area (Å²) in [6, 6.07) is 1.57. The molecule has 0 spiro atoms. The summed E-state index contributed by atoms with van der Waals surface area (Å²) in [5, 5.41) is 8.90. The molecule has 1 aromatic heterocycles. The van der Waals surface area contributed by atoms with E-state index in [0.29, 0.717) is 17.2 Å². The maximum absolute atomic E-state index is 10.9. The number of ether oxygens (including phenoxy) is 2. The average Bonchev–Trinajstić information content (AvgIpc) is 2.27. The fraction of sp³-hybridized carbons (Fsp3) is 0.400. The Balaban J connectivity index is 3.16. The van der Waals surface area contributed by atoms with Gasteiger partial charge in [-0.3, -0.25) is 4.79 Å². The summed E-state index contributed by atoms with van der Waals surface area (Å²) >= 11 is 0. The van der Waals surface area contributed by atoms with Crippen LogP contribution in [0.4, 0.5) is 0 Å². The van der Waals surface area contributed by atoms with Crippen LogP contribution >= 0.6 is 0 Å². The third kappa shape index (κ3) is 2.37. The van der Waals surface area contributed by atoms with Crippen LogP contribution in [0.15, 0.2) is 12.3 Å². The number of carboxylic acid groups (broad SMARTS) is 1. The molecule has 0 fully saturated rings. The number of aromatic nitrogens is 1. The molecule has 1 heterocycles. The molecule has 1 atom stereocenters. The largest absolute Gasteiger partial charge is 0.495 e. The van der Waals surface area contributed by atoms with Gasteiger partial charge in [-0.25, -0.2) is 4.98 Å². The van der Waals surface area contributed by atoms with E-state index in [9.17, 15) is 4.79 Å². The fourth-order valence-corrected chi connectivity index (χ4v) is 1.19. The van der Waals surface area contributed by atoms with E-state index in [2.05, 4.69) is 4.98 Å². The SMILES string of the molecule is COc1cc(C(C)C(=O)O)c(OC)cn1. The highest BCUT2D eigenvalue weighted by molar-refractivity contribution is 5.76. The number of rotatable bonds is 4. The molecule has 0 radical (unpaired) electrons. The van der Waals surface area contributed by atoms with Gasteiger partial charge in [0.25, 0.3) is 0 Å². The van der Waals surface area contributed by atoms with Crippen molar-refractivity contribution in [2.24, 2.45) is 0 Å². The van der Waals surface area contributed by atoms with Crippen molar-refractivity contribution >= 4 is 5.97 Å². The van der Waals surface area contributed by atoms with Crippen molar-refractivity contribution in [2.75, 3.05) is 14.2 Å². The average molecular weight is 211 g/mol. The Labute approximate surface area is 87.7 Å². The molecule has 1 N–H and O–H groups in total. The Bertz CT molecular complexity index is 364. The zero-order valence-corrected chi connectivity index (χ0v) is 8.85. The Morgan fingerprint density at radius 1 is 1.47 bits per heavy atom. The van der Waals surface area contributed by atoms with Crippen molar-refractivity contribution in [2.45, 2.75) is 12.8 Å². The normalized spacial score (nSPS) is 11.9. The first-order chi connectivity index (χ1) is 7.10. The molecular formula is C10H13NO4. The number of carbonyl (C=O) groups is 1. The van der Waals surface area contributed by atoms with Crippen LogP contribution in [0.3, 0.4) is 0 Å². The second-order valence-corrected chi connectivity index (χ2v) is 3.03. The number of nitrogens with zero attached hydrogens (tertiary/aromatic N) is 1. The summed E-state index contributed by atoms with van der Waals surface area (Å²) in [6.07, 6.45) is 1.45. The summed E-state index contributed by atoms with van der Waals surface area (Å²) in [5.74, 6) is -0.747. The second kappa shape index (κ2) is 4.63. The van der Waals surface area contributed by atoms with Gasteiger partial charge in [0.15, 0.2) is 0 Å². The number of carboxylic acids is 1. The zero-order valence-electron chi connectivity index (χ0n) is 8.85. The van der Waals surface area contributed by atoms with Crippen LogP contribution in [-0.4, -0.2) is 30.3 Å². The standard InChI is InChI=1S/C10H13NO4/c1-6(10(12)13)7-4-9(15-3)11-5-8(7)14-2/h4-6H,1-3H3,(H,12,13). The highest BCUT2D eigenvalue weighted by atomic mass is 16.5. The van der Waals surface area contributed by atoms with Crippen molar-refractivity contribution in [3.05, 3.63) is 17.8 Å². The molecule has 15 heavy (non-hydrogen) atoms. The topological polar surface area (TPSA) is 68.7 Å². The van der Waals surface area contributed by atoms with Gasteiger partial charge in [0, 0.05) is 11.6 Å². The summed E-state index contributed by atoms with van der Waals surface area (Å²) in [7, 11) is 2.95. The number of hydrogen-bond donors (Lipinski definition) is 1. The van der Waals surface area contributed by atoms with Crippen LogP contribution in [0.2, 0.25) is 0 Å². The van der Waals surface area contributed by atoms with Gasteiger partial charge in [-0.05, 0) is 6.92 Å². The lowest BCUT2D eigenvalue weighted by molar-refractivity contribution is -0.138. The van der Waals surface area contributed by atoms with E-state index in [0.717, 1.165) is 0 Å². The minimum atomic E-state index is -0.915. The van der Waals surface area contributed by atoms with Crippen LogP contribution in [0.5, 0.6) is 11.6 Å². The van der Waals surface area contributed by atoms with Gasteiger partial charge < -0.3 is 14.6 Å². The van der Waals surface area contributed by atoms with Gasteiger partial charge in [-0.1, -0.05) is 0 Å². The summed E-state index contributed by atoms with van der Waals surface area (Å²) in [4.78, 5) is 14.8. The minimum absolute atomic E-state index is 0.374. The maximum Gasteiger partial charge on any atom is 0.310 e. The van der Waals surface area contributed by atoms with Crippen molar-refractivity contribution in [1.82, 2.24) is 4.98 Å². The Kier molecular flexibility index (Phi) is 3.49. The quantitative estimate of drug-likeness (QED) is 0.812. The maximum atomic E-state index is 10.9. The van der Waals surface area contributed by atoms with Crippen LogP contribution in [-0.2, 0) is 4.79 Å². The first-order valence-corrected chi connectivity index (χ1v) is 4.41. The van der Waals surface area contributed by atoms with Gasteiger partial charge in [0.05, 0.1) is 26.3 Å². The Morgan fingerprint density at radius 2 is 2.13 bits per heavy atom. The van der Waals surface area contributed by atoms with Crippen LogP contribution in [0.25, 0.3) is 0 Å². The van der Waals surface area contributed by atoms with Gasteiger partial charge in [0.1, 0.15) is 5.75 Å². The lowest BCUT2D eigenvalue weighted by Gasteiger charge is -2.12. The van der Waals surface area contributed by atoms with Gasteiger partial charge in [0.2, 0.25) is 5.88 Å². The smallest absolute Gasteiger partial charge is 0.310 e. The van der Waals surface area contributed by atoms with Crippen LogP contribution in [0, 0.1) is 0 Å². The fourth-order valence-electron chi connectivity index (χ4n) is 1.19. The monoisotopic (exact) mass is 211 g/mol. The van der Waals surface area contributed by atoms with Gasteiger partial charge in [-0.2, -0.15) is 0 Å². The molecule has 1 unspecified atom stereocenters. The molecule has 0 amide bonds. The second-order valence-electron chi connectivity index (χ2n) is 3.03. The van der Waals surface area contributed by atoms with E-state index in [1.807, 2.05) is 0 Å². The highest BCUT2D eigenvalue weighted by Crippen LogP contribution is 2.28. The molecule has 5 heteroatoms. The highest BCUT2D eigenvalue weighted by Gasteiger charge is 2.19. The number of aliphatic carboxylic acids is 1. The van der Waals surface area contributed by atoms with Crippen LogP contribution in [0.1, 0.15) is 18.4 Å². The predicted octanol–water partition coefficient (Wildman–Crippen LogP) is 1.29. The molecule has 0 aromatic carbocycles. The first-order valence-electron chi connectivity index (χ1n) is 4.41. The van der Waals surface area contributed by atoms with Crippen molar-refractivity contribution < 1.29 is 19.4 Å². The summed E-state index contributed by atoms with van der Waals surface area (Å²) in [6.45, 7) is 1.58. The first kappa shape index (κ1) is 11.3. The van der Waals surface area contributed by atoms with Crippen molar-refractivity contribution in [1.29, 1.82) is 0 Å². The third-order valence-corrected chi connectivity index (χ3v) is 2.14. The third-order valence-electron chi connectivity index (χ3n) is 2.14. The van der Waals surface area contributed by atoms with E-state index >= 15 is 0 Å². The summed E-state index contributed by atoms with van der Waals surface area (Å²) in [5.41, 5.74) is 0.553. The van der Waals surface area contributed by atoms with E-state index in [-0.39, 0.29) is 0 Å². The molecule has 0 aliphatic carbocycles. The molecule has 0 aliphatic rings. The molecular weight excluding hydrogens is 198 g/mol. The summed E-state index contributed by atoms with van der Waals surface area (Å²) < 4.78 is 9.96. The zero-order chi connectivity index (χ0) is 11.4. The lowest BCUT2D eigenvalue weighted by atomic mass is 10.0. The van der Waals surface area contributed by atoms with Gasteiger partial charge >= 0.3 is 5.97 Å².